The van der Waals surface area contributed by atoms with Crippen molar-refractivity contribution < 1.29 is 9.53 Å². The third-order valence-electron chi connectivity index (χ3n) is 2.11. The summed E-state index contributed by atoms with van der Waals surface area (Å²) in [4.78, 5) is 11.0. The highest BCUT2D eigenvalue weighted by Gasteiger charge is 2.34. The second-order valence-corrected chi connectivity index (χ2v) is 3.64. The molecule has 4 heteroatoms. The van der Waals surface area contributed by atoms with Crippen molar-refractivity contribution in [2.75, 3.05) is 7.11 Å². The molecule has 1 aliphatic rings. The fraction of sp³-hybridized carbons (Fsp3) is 0.875. The molecule has 0 aromatic carbocycles. The van der Waals surface area contributed by atoms with Crippen LogP contribution in [0.1, 0.15) is 26.7 Å². The molecule has 3 nitrogen and oxygen atoms in total. The molecule has 0 radical (unpaired) electrons. The first-order valence-electron chi connectivity index (χ1n) is 3.91. The van der Waals surface area contributed by atoms with Gasteiger partial charge in [0.2, 0.25) is 0 Å². The van der Waals surface area contributed by atoms with Crippen molar-refractivity contribution in [3.05, 3.63) is 0 Å². The lowest BCUT2D eigenvalue weighted by Gasteiger charge is -2.18. The van der Waals surface area contributed by atoms with Crippen LogP contribution in [0, 0.1) is 0 Å². The third kappa shape index (κ3) is 2.64. The molecule has 1 N–H and O–H groups in total. The number of carbonyl (C=O) groups excluding carboxylic acids is 1. The van der Waals surface area contributed by atoms with E-state index >= 15 is 0 Å². The van der Waals surface area contributed by atoms with Gasteiger partial charge in [-0.25, -0.2) is 0 Å². The van der Waals surface area contributed by atoms with Crippen molar-refractivity contribution in [3.8, 4) is 0 Å². The van der Waals surface area contributed by atoms with Gasteiger partial charge in [0.15, 0.2) is 0 Å². The Balaban J connectivity index is 0.00000121. The molecule has 0 spiro atoms. The van der Waals surface area contributed by atoms with E-state index in [2.05, 4.69) is 23.9 Å². The smallest absolute Gasteiger partial charge is 0.322 e. The molecule has 1 heterocycles. The summed E-state index contributed by atoms with van der Waals surface area (Å²) in [7, 11) is 1.43. The molecule has 0 aliphatic carbocycles. The van der Waals surface area contributed by atoms with E-state index in [0.29, 0.717) is 0 Å². The lowest BCUT2D eigenvalue weighted by atomic mass is 10.0. The lowest BCUT2D eigenvalue weighted by molar-refractivity contribution is -0.142. The Kier molecular flexibility index (Phi) is 4.00. The highest BCUT2D eigenvalue weighted by atomic mass is 35.5. The fourth-order valence-electron chi connectivity index (χ4n) is 1.44. The number of hydrogen-bond donors (Lipinski definition) is 1. The number of esters is 1. The van der Waals surface area contributed by atoms with Crippen molar-refractivity contribution >= 4 is 18.4 Å². The zero-order chi connectivity index (χ0) is 8.48. The molecule has 1 saturated heterocycles. The molecule has 1 aliphatic heterocycles. The van der Waals surface area contributed by atoms with Gasteiger partial charge in [-0.15, -0.1) is 12.4 Å². The summed E-state index contributed by atoms with van der Waals surface area (Å²) in [5.41, 5.74) is 0.0961. The number of halogens is 1. The van der Waals surface area contributed by atoms with Crippen LogP contribution in [0.25, 0.3) is 0 Å². The Morgan fingerprint density at radius 1 is 1.58 bits per heavy atom. The van der Waals surface area contributed by atoms with Crippen molar-refractivity contribution in [2.45, 2.75) is 38.3 Å². The SMILES string of the molecule is COC(=O)C1CCC(C)(C)N1.Cl. The molecule has 0 bridgehead atoms. The number of methoxy groups -OCH3 is 1. The number of hydrogen-bond acceptors (Lipinski definition) is 3. The van der Waals surface area contributed by atoms with E-state index in [-0.39, 0.29) is 30.0 Å². The number of carbonyl (C=O) groups is 1. The quantitative estimate of drug-likeness (QED) is 0.635. The van der Waals surface area contributed by atoms with Gasteiger partial charge < -0.3 is 4.74 Å². The molecular formula is C8H16ClNO2. The molecule has 1 atom stereocenters. The molecule has 0 amide bonds. The molecule has 1 rings (SSSR count). The first-order valence-corrected chi connectivity index (χ1v) is 3.91. The predicted molar refractivity (Wildman–Crippen MR) is 49.5 cm³/mol. The topological polar surface area (TPSA) is 38.3 Å². The second kappa shape index (κ2) is 4.10. The molecule has 0 aromatic heterocycles. The minimum Gasteiger partial charge on any atom is -0.468 e. The molecule has 72 valence electrons. The fourth-order valence-corrected chi connectivity index (χ4v) is 1.44. The molecular weight excluding hydrogens is 178 g/mol. The molecule has 1 fully saturated rings. The molecule has 0 saturated carbocycles. The zero-order valence-electron chi connectivity index (χ0n) is 7.72. The minimum absolute atomic E-state index is 0. The van der Waals surface area contributed by atoms with E-state index < -0.39 is 0 Å². The summed E-state index contributed by atoms with van der Waals surface area (Å²) in [6, 6.07) is -0.0880. The largest absolute Gasteiger partial charge is 0.468 e. The highest BCUT2D eigenvalue weighted by Crippen LogP contribution is 2.22. The molecule has 0 aromatic rings. The Labute approximate surface area is 79.3 Å². The summed E-state index contributed by atoms with van der Waals surface area (Å²) in [6.45, 7) is 4.19. The van der Waals surface area contributed by atoms with Crippen LogP contribution >= 0.6 is 12.4 Å². The lowest BCUT2D eigenvalue weighted by Crippen LogP contribution is -2.41. The van der Waals surface area contributed by atoms with Crippen molar-refractivity contribution in [3.63, 3.8) is 0 Å². The Bertz CT molecular complexity index is 170. The number of rotatable bonds is 1. The molecule has 1 unspecified atom stereocenters. The first kappa shape index (κ1) is 11.7. The second-order valence-electron chi connectivity index (χ2n) is 3.64. The highest BCUT2D eigenvalue weighted by molar-refractivity contribution is 5.85. The van der Waals surface area contributed by atoms with E-state index in [1.165, 1.54) is 7.11 Å². The molecule has 12 heavy (non-hydrogen) atoms. The van der Waals surface area contributed by atoms with Crippen molar-refractivity contribution in [1.82, 2.24) is 5.32 Å². The van der Waals surface area contributed by atoms with Crippen LogP contribution in [0.15, 0.2) is 0 Å². The van der Waals surface area contributed by atoms with Crippen LogP contribution < -0.4 is 5.32 Å². The van der Waals surface area contributed by atoms with Crippen LogP contribution in [0.3, 0.4) is 0 Å². The van der Waals surface area contributed by atoms with Gasteiger partial charge in [0, 0.05) is 5.54 Å². The van der Waals surface area contributed by atoms with Crippen molar-refractivity contribution in [1.29, 1.82) is 0 Å². The number of ether oxygens (including phenoxy) is 1. The summed E-state index contributed by atoms with van der Waals surface area (Å²) in [5.74, 6) is -0.143. The summed E-state index contributed by atoms with van der Waals surface area (Å²) >= 11 is 0. The monoisotopic (exact) mass is 193 g/mol. The van der Waals surface area contributed by atoms with E-state index in [1.807, 2.05) is 0 Å². The Morgan fingerprint density at radius 3 is 2.50 bits per heavy atom. The zero-order valence-corrected chi connectivity index (χ0v) is 8.53. The first-order chi connectivity index (χ1) is 5.05. The summed E-state index contributed by atoms with van der Waals surface area (Å²) < 4.78 is 4.63. The number of nitrogens with one attached hydrogen (secondary N) is 1. The van der Waals surface area contributed by atoms with E-state index in [0.717, 1.165) is 12.8 Å². The maximum Gasteiger partial charge on any atom is 0.322 e. The predicted octanol–water partition coefficient (Wildman–Crippen LogP) is 1.11. The van der Waals surface area contributed by atoms with Gasteiger partial charge in [0.05, 0.1) is 7.11 Å². The maximum atomic E-state index is 11.0. The van der Waals surface area contributed by atoms with E-state index in [4.69, 9.17) is 0 Å². The van der Waals surface area contributed by atoms with Gasteiger partial charge >= 0.3 is 5.97 Å². The maximum absolute atomic E-state index is 11.0. The van der Waals surface area contributed by atoms with Crippen LogP contribution in [-0.4, -0.2) is 24.7 Å². The van der Waals surface area contributed by atoms with Gasteiger partial charge in [-0.2, -0.15) is 0 Å². The van der Waals surface area contributed by atoms with Gasteiger partial charge in [0.1, 0.15) is 6.04 Å². The average Bonchev–Trinajstić information content (AvgIpc) is 2.29. The van der Waals surface area contributed by atoms with Crippen LogP contribution in [0.2, 0.25) is 0 Å². The standard InChI is InChI=1S/C8H15NO2.ClH/c1-8(2)5-4-6(9-8)7(10)11-3;/h6,9H,4-5H2,1-3H3;1H. The van der Waals surface area contributed by atoms with Crippen LogP contribution in [-0.2, 0) is 9.53 Å². The van der Waals surface area contributed by atoms with Gasteiger partial charge in [-0.05, 0) is 26.7 Å². The van der Waals surface area contributed by atoms with Crippen molar-refractivity contribution in [2.24, 2.45) is 0 Å². The van der Waals surface area contributed by atoms with E-state index in [1.54, 1.807) is 0 Å². The Morgan fingerprint density at radius 2 is 2.17 bits per heavy atom. The minimum atomic E-state index is -0.143. The van der Waals surface area contributed by atoms with Gasteiger partial charge in [0.25, 0.3) is 0 Å². The van der Waals surface area contributed by atoms with Crippen LogP contribution in [0.5, 0.6) is 0 Å². The van der Waals surface area contributed by atoms with Gasteiger partial charge in [-0.3, -0.25) is 10.1 Å². The summed E-state index contributed by atoms with van der Waals surface area (Å²) in [6.07, 6.45) is 1.92. The Hall–Kier alpha value is -0.280. The van der Waals surface area contributed by atoms with Gasteiger partial charge in [-0.1, -0.05) is 0 Å². The van der Waals surface area contributed by atoms with E-state index in [9.17, 15) is 4.79 Å². The average molecular weight is 194 g/mol. The third-order valence-corrected chi connectivity index (χ3v) is 2.11. The summed E-state index contributed by atoms with van der Waals surface area (Å²) in [5, 5.41) is 3.21. The van der Waals surface area contributed by atoms with Crippen LogP contribution in [0.4, 0.5) is 0 Å². The normalized spacial score (nSPS) is 26.1.